The number of carbonyl (C=O) groups is 2. The molecule has 2 unspecified atom stereocenters. The Morgan fingerprint density at radius 2 is 1.84 bits per heavy atom. The lowest BCUT2D eigenvalue weighted by molar-refractivity contribution is -0.132. The van der Waals surface area contributed by atoms with Crippen LogP contribution in [0.2, 0.25) is 0 Å². The molecule has 2 heterocycles. The zero-order chi connectivity index (χ0) is 22.3. The predicted octanol–water partition coefficient (Wildman–Crippen LogP) is 5.07. The van der Waals surface area contributed by atoms with E-state index in [0.717, 1.165) is 37.2 Å². The minimum absolute atomic E-state index is 0.0425. The molecule has 168 valence electrons. The maximum absolute atomic E-state index is 13.1. The van der Waals surface area contributed by atoms with Crippen LogP contribution < -0.4 is 9.47 Å². The van der Waals surface area contributed by atoms with Gasteiger partial charge in [0.2, 0.25) is 5.91 Å². The number of piperidine rings is 1. The van der Waals surface area contributed by atoms with Crippen molar-refractivity contribution in [3.63, 3.8) is 0 Å². The van der Waals surface area contributed by atoms with Crippen LogP contribution in [0.5, 0.6) is 11.5 Å². The molecule has 2 aliphatic rings. The summed E-state index contributed by atoms with van der Waals surface area (Å²) in [5.41, 5.74) is 1.51. The van der Waals surface area contributed by atoms with Crippen LogP contribution in [0, 0.1) is 0 Å². The number of benzene rings is 2. The Morgan fingerprint density at radius 3 is 2.53 bits per heavy atom. The number of ether oxygens (including phenoxy) is 2. The molecule has 1 saturated heterocycles. The highest BCUT2D eigenvalue weighted by atomic mass is 32.2. The first-order valence-electron chi connectivity index (χ1n) is 11.2. The summed E-state index contributed by atoms with van der Waals surface area (Å²) in [5, 5.41) is 0.242. The minimum Gasteiger partial charge on any atom is -0.493 e. The summed E-state index contributed by atoms with van der Waals surface area (Å²) in [6.07, 6.45) is 8.21. The predicted molar refractivity (Wildman–Crippen MR) is 128 cm³/mol. The van der Waals surface area contributed by atoms with E-state index in [1.807, 2.05) is 34.9 Å². The van der Waals surface area contributed by atoms with Crippen LogP contribution in [0.3, 0.4) is 0 Å². The lowest BCUT2D eigenvalue weighted by atomic mass is 9.90. The second-order valence-electron chi connectivity index (χ2n) is 8.14. The summed E-state index contributed by atoms with van der Waals surface area (Å²) in [5.74, 6) is 1.66. The van der Waals surface area contributed by atoms with E-state index in [2.05, 4.69) is 12.2 Å². The first kappa shape index (κ1) is 22.5. The molecular weight excluding hydrogens is 422 g/mol. The molecule has 5 nitrogen and oxygen atoms in total. The lowest BCUT2D eigenvalue weighted by Gasteiger charge is -2.30. The third-order valence-corrected chi connectivity index (χ3v) is 7.29. The van der Waals surface area contributed by atoms with Gasteiger partial charge in [0.1, 0.15) is 0 Å². The number of rotatable bonds is 7. The Hall–Kier alpha value is -2.73. The van der Waals surface area contributed by atoms with Gasteiger partial charge in [-0.05, 0) is 49.1 Å². The summed E-state index contributed by atoms with van der Waals surface area (Å²) < 4.78 is 11.2. The fraction of sp³-hybridized carbons (Fsp3) is 0.385. The van der Waals surface area contributed by atoms with Crippen molar-refractivity contribution >= 4 is 23.6 Å². The smallest absolute Gasteiger partial charge is 0.343 e. The van der Waals surface area contributed by atoms with Gasteiger partial charge >= 0.3 is 5.97 Å². The average molecular weight is 452 g/mol. The molecule has 2 atom stereocenters. The largest absolute Gasteiger partial charge is 0.493 e. The number of esters is 1. The minimum atomic E-state index is -0.428. The molecular formula is C26H29NO4S. The monoisotopic (exact) mass is 451 g/mol. The van der Waals surface area contributed by atoms with Gasteiger partial charge in [0.15, 0.2) is 11.5 Å². The molecule has 0 N–H and O–H groups in total. The van der Waals surface area contributed by atoms with E-state index < -0.39 is 5.97 Å². The molecule has 2 aromatic rings. The molecule has 1 amide bonds. The molecule has 0 aliphatic carbocycles. The van der Waals surface area contributed by atoms with Gasteiger partial charge in [0.25, 0.3) is 0 Å². The molecule has 1 fully saturated rings. The quantitative estimate of drug-likeness (QED) is 0.334. The van der Waals surface area contributed by atoms with Crippen molar-refractivity contribution in [3.8, 4) is 11.5 Å². The Balaban J connectivity index is 1.55. The number of methoxy groups -OCH3 is 1. The van der Waals surface area contributed by atoms with Crippen LogP contribution >= 0.6 is 11.8 Å². The van der Waals surface area contributed by atoms with Crippen molar-refractivity contribution in [2.45, 2.75) is 36.9 Å². The van der Waals surface area contributed by atoms with Crippen molar-refractivity contribution in [2.75, 3.05) is 26.0 Å². The van der Waals surface area contributed by atoms with Crippen LogP contribution in [0.15, 0.2) is 60.7 Å². The van der Waals surface area contributed by atoms with Gasteiger partial charge in [0.05, 0.1) is 12.7 Å². The Labute approximate surface area is 193 Å². The SMILES string of the molecule is COc1cc(C(CC(=O)N2CCCCC2)C2C=CCS2)ccc1OC(=O)c1ccccc1. The van der Waals surface area contributed by atoms with E-state index in [1.54, 1.807) is 37.4 Å². The molecule has 0 spiro atoms. The Kier molecular flexibility index (Phi) is 7.53. The number of hydrogen-bond acceptors (Lipinski definition) is 5. The van der Waals surface area contributed by atoms with Crippen LogP contribution in [0.1, 0.15) is 47.5 Å². The maximum Gasteiger partial charge on any atom is 0.343 e. The van der Waals surface area contributed by atoms with Gasteiger partial charge in [-0.25, -0.2) is 4.79 Å². The van der Waals surface area contributed by atoms with Gasteiger partial charge in [-0.15, -0.1) is 11.8 Å². The molecule has 4 rings (SSSR count). The highest BCUT2D eigenvalue weighted by Crippen LogP contribution is 2.40. The summed E-state index contributed by atoms with van der Waals surface area (Å²) in [6, 6.07) is 14.5. The first-order chi connectivity index (χ1) is 15.7. The number of nitrogens with zero attached hydrogens (tertiary/aromatic N) is 1. The van der Waals surface area contributed by atoms with E-state index in [4.69, 9.17) is 9.47 Å². The van der Waals surface area contributed by atoms with Gasteiger partial charge in [0, 0.05) is 36.4 Å². The van der Waals surface area contributed by atoms with Crippen molar-refractivity contribution in [1.82, 2.24) is 4.90 Å². The van der Waals surface area contributed by atoms with E-state index >= 15 is 0 Å². The molecule has 32 heavy (non-hydrogen) atoms. The molecule has 6 heteroatoms. The van der Waals surface area contributed by atoms with E-state index in [0.29, 0.717) is 23.5 Å². The van der Waals surface area contributed by atoms with Gasteiger partial charge in [-0.1, -0.05) is 36.4 Å². The van der Waals surface area contributed by atoms with Crippen LogP contribution in [0.4, 0.5) is 0 Å². The topological polar surface area (TPSA) is 55.8 Å². The van der Waals surface area contributed by atoms with Gasteiger partial charge in [-0.2, -0.15) is 0 Å². The molecule has 0 aromatic heterocycles. The van der Waals surface area contributed by atoms with Crippen molar-refractivity contribution < 1.29 is 19.1 Å². The van der Waals surface area contributed by atoms with E-state index in [1.165, 1.54) is 6.42 Å². The molecule has 2 aromatic carbocycles. The average Bonchev–Trinajstić information content (AvgIpc) is 3.38. The summed E-state index contributed by atoms with van der Waals surface area (Å²) >= 11 is 1.85. The number of hydrogen-bond donors (Lipinski definition) is 0. The van der Waals surface area contributed by atoms with Crippen molar-refractivity contribution in [2.24, 2.45) is 0 Å². The van der Waals surface area contributed by atoms with Gasteiger partial charge in [-0.3, -0.25) is 4.79 Å². The van der Waals surface area contributed by atoms with Crippen LogP contribution in [-0.4, -0.2) is 48.0 Å². The van der Waals surface area contributed by atoms with E-state index in [9.17, 15) is 9.59 Å². The highest BCUT2D eigenvalue weighted by molar-refractivity contribution is 8.00. The highest BCUT2D eigenvalue weighted by Gasteiger charge is 2.29. The summed E-state index contributed by atoms with van der Waals surface area (Å²) in [6.45, 7) is 1.72. The number of amides is 1. The van der Waals surface area contributed by atoms with Crippen LogP contribution in [0.25, 0.3) is 0 Å². The normalized spacial score (nSPS) is 18.9. The Morgan fingerprint density at radius 1 is 1.06 bits per heavy atom. The second-order valence-corrected chi connectivity index (χ2v) is 9.36. The number of carbonyl (C=O) groups excluding carboxylic acids is 2. The number of likely N-dealkylation sites (tertiary alicyclic amines) is 1. The zero-order valence-electron chi connectivity index (χ0n) is 18.4. The maximum atomic E-state index is 13.1. The van der Waals surface area contributed by atoms with E-state index in [-0.39, 0.29) is 17.1 Å². The van der Waals surface area contributed by atoms with Crippen molar-refractivity contribution in [1.29, 1.82) is 0 Å². The van der Waals surface area contributed by atoms with Gasteiger partial charge < -0.3 is 14.4 Å². The first-order valence-corrected chi connectivity index (χ1v) is 12.2. The molecule has 0 radical (unpaired) electrons. The third kappa shape index (κ3) is 5.36. The lowest BCUT2D eigenvalue weighted by Crippen LogP contribution is -2.37. The van der Waals surface area contributed by atoms with Crippen molar-refractivity contribution in [3.05, 3.63) is 71.8 Å². The molecule has 2 aliphatic heterocycles. The fourth-order valence-electron chi connectivity index (χ4n) is 4.28. The number of thioether (sulfide) groups is 1. The zero-order valence-corrected chi connectivity index (χ0v) is 19.2. The third-order valence-electron chi connectivity index (χ3n) is 6.04. The van der Waals surface area contributed by atoms with Crippen LogP contribution in [-0.2, 0) is 4.79 Å². The summed E-state index contributed by atoms with van der Waals surface area (Å²) in [4.78, 5) is 27.6. The molecule has 0 saturated carbocycles. The second kappa shape index (κ2) is 10.7. The standard InChI is InChI=1S/C26H29NO4S/c1-30-23-17-20(12-13-22(23)31-26(29)19-9-4-2-5-10-19)21(24-11-8-16-32-24)18-25(28)27-14-6-3-7-15-27/h2,4-5,8-13,17,21,24H,3,6-7,14-16,18H2,1H3. The Bertz CT molecular complexity index is 969. The summed E-state index contributed by atoms with van der Waals surface area (Å²) in [7, 11) is 1.57. The fourth-order valence-corrected chi connectivity index (χ4v) is 5.43. The molecule has 0 bridgehead atoms.